The molecule has 6 nitrogen and oxygen atoms in total. The van der Waals surface area contributed by atoms with Crippen LogP contribution in [0.4, 0.5) is 4.79 Å². The van der Waals surface area contributed by atoms with Gasteiger partial charge in [0.25, 0.3) is 0 Å². The van der Waals surface area contributed by atoms with E-state index in [1.165, 1.54) is 22.3 Å². The molecule has 2 fully saturated rings. The van der Waals surface area contributed by atoms with Crippen LogP contribution in [0.25, 0.3) is 11.1 Å². The number of carboxylic acid groups (broad SMARTS) is 1. The Hall–Kier alpha value is -2.86. The second kappa shape index (κ2) is 7.19. The zero-order valence-corrected chi connectivity index (χ0v) is 16.0. The Kier molecular flexibility index (Phi) is 4.51. The number of carbonyl (C=O) groups is 2. The Morgan fingerprint density at radius 2 is 1.52 bits per heavy atom. The summed E-state index contributed by atoms with van der Waals surface area (Å²) < 4.78 is 11.6. The molecule has 1 aliphatic carbocycles. The highest BCUT2D eigenvalue weighted by Gasteiger charge is 2.40. The molecule has 2 aromatic carbocycles. The lowest BCUT2D eigenvalue weighted by Gasteiger charge is -2.42. The van der Waals surface area contributed by atoms with Crippen LogP contribution in [0.15, 0.2) is 48.5 Å². The van der Waals surface area contributed by atoms with Gasteiger partial charge < -0.3 is 19.5 Å². The maximum Gasteiger partial charge on any atom is 0.409 e. The van der Waals surface area contributed by atoms with Gasteiger partial charge in [0.15, 0.2) is 0 Å². The molecule has 0 aromatic heterocycles. The number of fused-ring (bicyclic) bond motifs is 5. The Balaban J connectivity index is 1.27. The Labute approximate surface area is 169 Å². The van der Waals surface area contributed by atoms with E-state index in [9.17, 15) is 14.7 Å². The molecule has 6 heteroatoms. The van der Waals surface area contributed by atoms with E-state index in [4.69, 9.17) is 9.47 Å². The molecule has 2 saturated heterocycles. The third-order valence-electron chi connectivity index (χ3n) is 6.27. The Morgan fingerprint density at radius 1 is 0.966 bits per heavy atom. The van der Waals surface area contributed by atoms with Crippen LogP contribution in [0, 0.1) is 5.92 Å². The molecular formula is C23H23NO5. The van der Waals surface area contributed by atoms with Crippen molar-refractivity contribution in [2.24, 2.45) is 5.92 Å². The van der Waals surface area contributed by atoms with Gasteiger partial charge in [-0.3, -0.25) is 4.79 Å². The number of rotatable bonds is 3. The summed E-state index contributed by atoms with van der Waals surface area (Å²) in [5.41, 5.74) is 4.77. The molecule has 2 bridgehead atoms. The molecule has 2 atom stereocenters. The van der Waals surface area contributed by atoms with Crippen molar-refractivity contribution in [3.05, 3.63) is 59.7 Å². The van der Waals surface area contributed by atoms with E-state index in [1.807, 2.05) is 24.3 Å². The number of nitrogens with zero attached hydrogens (tertiary/aromatic N) is 1. The number of aliphatic carboxylic acids is 1. The van der Waals surface area contributed by atoms with Crippen molar-refractivity contribution in [1.82, 2.24) is 4.90 Å². The number of ether oxygens (including phenoxy) is 2. The van der Waals surface area contributed by atoms with E-state index in [-0.39, 0.29) is 36.7 Å². The fraction of sp³-hybridized carbons (Fsp3) is 0.391. The maximum atomic E-state index is 12.8. The highest BCUT2D eigenvalue weighted by Crippen LogP contribution is 2.44. The lowest BCUT2D eigenvalue weighted by atomic mass is 9.89. The van der Waals surface area contributed by atoms with Gasteiger partial charge in [0, 0.05) is 5.92 Å². The molecule has 2 aliphatic heterocycles. The van der Waals surface area contributed by atoms with Crippen LogP contribution in [0.5, 0.6) is 0 Å². The number of likely N-dealkylation sites (tertiary alicyclic amines) is 1. The first-order valence-corrected chi connectivity index (χ1v) is 10.1. The lowest BCUT2D eigenvalue weighted by molar-refractivity contribution is -0.159. The summed E-state index contributed by atoms with van der Waals surface area (Å²) in [5.74, 6) is -1.13. The minimum atomic E-state index is -0.780. The Bertz CT molecular complexity index is 898. The fourth-order valence-electron chi connectivity index (χ4n) is 4.95. The summed E-state index contributed by atoms with van der Waals surface area (Å²) in [6.07, 6.45) is 0.0740. The summed E-state index contributed by atoms with van der Waals surface area (Å²) >= 11 is 0. The largest absolute Gasteiger partial charge is 0.481 e. The van der Waals surface area contributed by atoms with E-state index in [0.29, 0.717) is 25.9 Å². The van der Waals surface area contributed by atoms with E-state index in [1.54, 1.807) is 4.90 Å². The minimum absolute atomic E-state index is 0.0308. The number of morpholine rings is 1. The molecular weight excluding hydrogens is 370 g/mol. The number of carbonyl (C=O) groups excluding carboxylic acids is 1. The van der Waals surface area contributed by atoms with Gasteiger partial charge in [-0.15, -0.1) is 0 Å². The van der Waals surface area contributed by atoms with E-state index >= 15 is 0 Å². The third-order valence-corrected chi connectivity index (χ3v) is 6.27. The predicted octanol–water partition coefficient (Wildman–Crippen LogP) is 3.50. The summed E-state index contributed by atoms with van der Waals surface area (Å²) in [4.78, 5) is 25.7. The normalized spacial score (nSPS) is 25.2. The van der Waals surface area contributed by atoms with Crippen LogP contribution in [0.1, 0.15) is 29.9 Å². The van der Waals surface area contributed by atoms with Gasteiger partial charge in [0.1, 0.15) is 6.61 Å². The topological polar surface area (TPSA) is 76.1 Å². The molecule has 0 saturated carbocycles. The molecule has 0 radical (unpaired) electrons. The third kappa shape index (κ3) is 3.27. The van der Waals surface area contributed by atoms with Crippen LogP contribution >= 0.6 is 0 Å². The summed E-state index contributed by atoms with van der Waals surface area (Å²) in [5, 5.41) is 9.27. The van der Waals surface area contributed by atoms with Gasteiger partial charge in [-0.05, 0) is 35.1 Å². The molecule has 1 N–H and O–H groups in total. The van der Waals surface area contributed by atoms with E-state index in [2.05, 4.69) is 24.3 Å². The summed E-state index contributed by atoms with van der Waals surface area (Å²) in [6.45, 7) is 1.06. The van der Waals surface area contributed by atoms with Crippen molar-refractivity contribution in [3.63, 3.8) is 0 Å². The quantitative estimate of drug-likeness (QED) is 0.864. The second-order valence-corrected chi connectivity index (χ2v) is 8.10. The molecule has 29 heavy (non-hydrogen) atoms. The van der Waals surface area contributed by atoms with E-state index in [0.717, 1.165) is 0 Å². The molecule has 3 aliphatic rings. The first kappa shape index (κ1) is 18.2. The number of hydrogen-bond donors (Lipinski definition) is 1. The zero-order valence-electron chi connectivity index (χ0n) is 16.0. The highest BCUT2D eigenvalue weighted by atomic mass is 16.6. The van der Waals surface area contributed by atoms with Crippen LogP contribution in [-0.4, -0.2) is 54.0 Å². The van der Waals surface area contributed by atoms with Gasteiger partial charge >= 0.3 is 12.1 Å². The molecule has 150 valence electrons. The average Bonchev–Trinajstić information content (AvgIpc) is 3.05. The first-order valence-electron chi connectivity index (χ1n) is 10.1. The molecule has 0 spiro atoms. The number of carboxylic acids is 1. The van der Waals surface area contributed by atoms with Gasteiger partial charge in [-0.1, -0.05) is 48.5 Å². The zero-order chi connectivity index (χ0) is 20.0. The number of hydrogen-bond acceptors (Lipinski definition) is 4. The predicted molar refractivity (Wildman–Crippen MR) is 106 cm³/mol. The second-order valence-electron chi connectivity index (χ2n) is 8.10. The van der Waals surface area contributed by atoms with Crippen molar-refractivity contribution >= 4 is 12.1 Å². The molecule has 2 aromatic rings. The summed E-state index contributed by atoms with van der Waals surface area (Å²) in [7, 11) is 0. The van der Waals surface area contributed by atoms with Gasteiger partial charge in [-0.2, -0.15) is 0 Å². The standard InChI is InChI=1S/C23H23NO5/c25-22(26)14-9-15-11-24(12-16(10-14)29-15)23(27)28-13-21-19-7-3-1-5-17(19)18-6-2-4-8-20(18)21/h1-8,14-16,21H,9-13H2,(H,25,26). The van der Waals surface area contributed by atoms with Crippen LogP contribution in [0.2, 0.25) is 0 Å². The maximum absolute atomic E-state index is 12.8. The first-order chi connectivity index (χ1) is 14.1. The smallest absolute Gasteiger partial charge is 0.409 e. The van der Waals surface area contributed by atoms with Crippen molar-refractivity contribution in [1.29, 1.82) is 0 Å². The van der Waals surface area contributed by atoms with Crippen LogP contribution in [-0.2, 0) is 14.3 Å². The number of amides is 1. The Morgan fingerprint density at radius 3 is 2.07 bits per heavy atom. The SMILES string of the molecule is O=C(O)C1CC2CN(C(=O)OCC3c4ccccc4-c4ccccc43)CC(C1)O2. The van der Waals surface area contributed by atoms with E-state index < -0.39 is 5.97 Å². The van der Waals surface area contributed by atoms with Gasteiger partial charge in [0.2, 0.25) is 0 Å². The highest BCUT2D eigenvalue weighted by molar-refractivity contribution is 5.79. The lowest BCUT2D eigenvalue weighted by Crippen LogP contribution is -2.54. The van der Waals surface area contributed by atoms with Gasteiger partial charge in [-0.25, -0.2) is 4.79 Å². The van der Waals surface area contributed by atoms with Crippen LogP contribution < -0.4 is 0 Å². The van der Waals surface area contributed by atoms with Crippen molar-refractivity contribution in [3.8, 4) is 11.1 Å². The monoisotopic (exact) mass is 393 g/mol. The minimum Gasteiger partial charge on any atom is -0.481 e. The fourth-order valence-corrected chi connectivity index (χ4v) is 4.95. The molecule has 2 heterocycles. The van der Waals surface area contributed by atoms with Gasteiger partial charge in [0.05, 0.1) is 31.2 Å². The van der Waals surface area contributed by atoms with Crippen LogP contribution in [0.3, 0.4) is 0 Å². The number of benzene rings is 2. The van der Waals surface area contributed by atoms with Crippen molar-refractivity contribution < 1.29 is 24.2 Å². The average molecular weight is 393 g/mol. The summed E-state index contributed by atoms with van der Waals surface area (Å²) in [6, 6.07) is 16.5. The molecule has 2 unspecified atom stereocenters. The van der Waals surface area contributed by atoms with Crippen molar-refractivity contribution in [2.75, 3.05) is 19.7 Å². The molecule has 1 amide bonds. The van der Waals surface area contributed by atoms with Crippen molar-refractivity contribution in [2.45, 2.75) is 31.0 Å². The molecule has 5 rings (SSSR count).